The van der Waals surface area contributed by atoms with Crippen LogP contribution in [0, 0.1) is 0 Å². The fraction of sp³-hybridized carbons (Fsp3) is 0.550. The lowest BCUT2D eigenvalue weighted by Crippen LogP contribution is -2.52. The number of piperazine rings is 1. The Morgan fingerprint density at radius 1 is 1.08 bits per heavy atom. The molecule has 134 valence electrons. The van der Waals surface area contributed by atoms with Gasteiger partial charge in [-0.25, -0.2) is 0 Å². The van der Waals surface area contributed by atoms with E-state index in [-0.39, 0.29) is 6.04 Å². The van der Waals surface area contributed by atoms with E-state index in [4.69, 9.17) is 0 Å². The standard InChI is InChI=1S/C20H28N4O/c1-21-9-4-7-18(21)20(25)24-13-11-23(12-14-24)15-17-6-3-5-16-8-10-22(2)19(16)17/h3,5-6,8,10,18H,4,7,9,11-15H2,1-2H3/t18-/m0/s1. The number of fused-ring (bicyclic) bond motifs is 1. The molecule has 1 aromatic heterocycles. The van der Waals surface area contributed by atoms with E-state index in [1.54, 1.807) is 0 Å². The third kappa shape index (κ3) is 3.18. The van der Waals surface area contributed by atoms with Gasteiger partial charge in [0, 0.05) is 46.0 Å². The van der Waals surface area contributed by atoms with E-state index in [0.29, 0.717) is 5.91 Å². The molecular formula is C20H28N4O. The average Bonchev–Trinajstić information content (AvgIpc) is 3.22. The molecule has 1 atom stereocenters. The average molecular weight is 340 g/mol. The SMILES string of the molecule is CN1CCC[C@H]1C(=O)N1CCN(Cc2cccc3ccn(C)c23)CC1. The number of amides is 1. The van der Waals surface area contributed by atoms with Crippen molar-refractivity contribution in [1.29, 1.82) is 0 Å². The lowest BCUT2D eigenvalue weighted by molar-refractivity contribution is -0.137. The third-order valence-electron chi connectivity index (χ3n) is 5.86. The first kappa shape index (κ1) is 16.6. The lowest BCUT2D eigenvalue weighted by Gasteiger charge is -2.37. The molecule has 3 heterocycles. The van der Waals surface area contributed by atoms with Gasteiger partial charge in [0.05, 0.1) is 11.6 Å². The lowest BCUT2D eigenvalue weighted by atomic mass is 10.1. The molecule has 2 aliphatic heterocycles. The Kier molecular flexibility index (Phi) is 4.52. The quantitative estimate of drug-likeness (QED) is 0.855. The van der Waals surface area contributed by atoms with Gasteiger partial charge >= 0.3 is 0 Å². The zero-order valence-corrected chi connectivity index (χ0v) is 15.3. The number of hydrogen-bond donors (Lipinski definition) is 0. The van der Waals surface area contributed by atoms with Gasteiger partial charge in [-0.05, 0) is 43.5 Å². The first-order valence-corrected chi connectivity index (χ1v) is 9.38. The molecule has 0 N–H and O–H groups in total. The molecule has 1 aromatic carbocycles. The maximum atomic E-state index is 12.7. The van der Waals surface area contributed by atoms with Gasteiger partial charge in [0.15, 0.2) is 0 Å². The fourth-order valence-electron chi connectivity index (χ4n) is 4.37. The van der Waals surface area contributed by atoms with E-state index in [1.807, 2.05) is 0 Å². The van der Waals surface area contributed by atoms with Gasteiger partial charge in [-0.1, -0.05) is 18.2 Å². The Morgan fingerprint density at radius 3 is 2.60 bits per heavy atom. The highest BCUT2D eigenvalue weighted by Crippen LogP contribution is 2.22. The molecule has 0 unspecified atom stereocenters. The molecule has 0 aliphatic carbocycles. The molecule has 1 amide bonds. The number of likely N-dealkylation sites (N-methyl/N-ethyl adjacent to an activating group) is 1. The minimum absolute atomic E-state index is 0.115. The predicted molar refractivity (Wildman–Crippen MR) is 100 cm³/mol. The summed E-state index contributed by atoms with van der Waals surface area (Å²) in [6.07, 6.45) is 4.29. The van der Waals surface area contributed by atoms with Crippen molar-refractivity contribution in [3.63, 3.8) is 0 Å². The molecular weight excluding hydrogens is 312 g/mol. The van der Waals surface area contributed by atoms with Crippen molar-refractivity contribution in [2.24, 2.45) is 7.05 Å². The topological polar surface area (TPSA) is 31.7 Å². The minimum Gasteiger partial charge on any atom is -0.350 e. The number of carbonyl (C=O) groups is 1. The monoisotopic (exact) mass is 340 g/mol. The summed E-state index contributed by atoms with van der Waals surface area (Å²) in [5, 5.41) is 1.30. The maximum absolute atomic E-state index is 12.7. The molecule has 25 heavy (non-hydrogen) atoms. The maximum Gasteiger partial charge on any atom is 0.240 e. The fourth-order valence-corrected chi connectivity index (χ4v) is 4.37. The normalized spacial score (nSPS) is 22.8. The van der Waals surface area contributed by atoms with Gasteiger partial charge in [-0.3, -0.25) is 14.6 Å². The summed E-state index contributed by atoms with van der Waals surface area (Å²) >= 11 is 0. The summed E-state index contributed by atoms with van der Waals surface area (Å²) in [6, 6.07) is 8.84. The molecule has 0 radical (unpaired) electrons. The van der Waals surface area contributed by atoms with Gasteiger partial charge in [0.25, 0.3) is 0 Å². The van der Waals surface area contributed by atoms with Crippen LogP contribution in [0.1, 0.15) is 18.4 Å². The first-order valence-electron chi connectivity index (χ1n) is 9.38. The smallest absolute Gasteiger partial charge is 0.240 e. The Balaban J connectivity index is 1.39. The Hall–Kier alpha value is -1.85. The number of rotatable bonds is 3. The molecule has 0 saturated carbocycles. The van der Waals surface area contributed by atoms with Crippen molar-refractivity contribution in [3.8, 4) is 0 Å². The van der Waals surface area contributed by atoms with E-state index >= 15 is 0 Å². The van der Waals surface area contributed by atoms with Gasteiger partial charge in [0.2, 0.25) is 5.91 Å². The van der Waals surface area contributed by atoms with E-state index in [0.717, 1.165) is 52.1 Å². The number of nitrogens with zero attached hydrogens (tertiary/aromatic N) is 4. The zero-order valence-electron chi connectivity index (χ0n) is 15.3. The van der Waals surface area contributed by atoms with Crippen molar-refractivity contribution >= 4 is 16.8 Å². The molecule has 5 nitrogen and oxygen atoms in total. The van der Waals surface area contributed by atoms with E-state index < -0.39 is 0 Å². The number of hydrogen-bond acceptors (Lipinski definition) is 3. The van der Waals surface area contributed by atoms with Crippen molar-refractivity contribution < 1.29 is 4.79 Å². The minimum atomic E-state index is 0.115. The van der Waals surface area contributed by atoms with Crippen LogP contribution in [-0.4, -0.2) is 71.0 Å². The zero-order chi connectivity index (χ0) is 17.4. The van der Waals surface area contributed by atoms with Crippen LogP contribution in [0.5, 0.6) is 0 Å². The summed E-state index contributed by atoms with van der Waals surface area (Å²) in [7, 11) is 4.19. The van der Waals surface area contributed by atoms with Crippen LogP contribution in [0.4, 0.5) is 0 Å². The molecule has 0 spiro atoms. The first-order chi connectivity index (χ1) is 12.1. The molecule has 2 fully saturated rings. The molecule has 5 heteroatoms. The van der Waals surface area contributed by atoms with Crippen LogP contribution in [0.15, 0.2) is 30.5 Å². The highest BCUT2D eigenvalue weighted by molar-refractivity contribution is 5.83. The largest absolute Gasteiger partial charge is 0.350 e. The van der Waals surface area contributed by atoms with E-state index in [1.165, 1.54) is 16.5 Å². The van der Waals surface area contributed by atoms with Crippen LogP contribution in [0.2, 0.25) is 0 Å². The van der Waals surface area contributed by atoms with Crippen molar-refractivity contribution in [3.05, 3.63) is 36.0 Å². The van der Waals surface area contributed by atoms with Crippen molar-refractivity contribution in [2.45, 2.75) is 25.4 Å². The highest BCUT2D eigenvalue weighted by Gasteiger charge is 2.32. The number of carbonyl (C=O) groups excluding carboxylic acids is 1. The second-order valence-corrected chi connectivity index (χ2v) is 7.52. The summed E-state index contributed by atoms with van der Waals surface area (Å²) in [5.41, 5.74) is 2.70. The summed E-state index contributed by atoms with van der Waals surface area (Å²) in [5.74, 6) is 0.337. The summed E-state index contributed by atoms with van der Waals surface area (Å²) < 4.78 is 2.21. The second kappa shape index (κ2) is 6.81. The van der Waals surface area contributed by atoms with Crippen LogP contribution in [0.3, 0.4) is 0 Å². The van der Waals surface area contributed by atoms with Crippen LogP contribution in [-0.2, 0) is 18.4 Å². The molecule has 2 aliphatic rings. The van der Waals surface area contributed by atoms with Gasteiger partial charge in [-0.2, -0.15) is 0 Å². The van der Waals surface area contributed by atoms with Crippen molar-refractivity contribution in [2.75, 3.05) is 39.8 Å². The Bertz CT molecular complexity index is 760. The van der Waals surface area contributed by atoms with Gasteiger partial charge in [0.1, 0.15) is 0 Å². The number of likely N-dealkylation sites (tertiary alicyclic amines) is 1. The molecule has 4 rings (SSSR count). The van der Waals surface area contributed by atoms with Gasteiger partial charge < -0.3 is 9.47 Å². The van der Waals surface area contributed by atoms with Crippen LogP contribution < -0.4 is 0 Å². The molecule has 0 bridgehead atoms. The van der Waals surface area contributed by atoms with Crippen LogP contribution in [0.25, 0.3) is 10.9 Å². The van der Waals surface area contributed by atoms with Gasteiger partial charge in [-0.15, -0.1) is 0 Å². The Labute approximate surface area is 149 Å². The molecule has 2 aromatic rings. The predicted octanol–water partition coefficient (Wildman–Crippen LogP) is 1.92. The molecule has 2 saturated heterocycles. The third-order valence-corrected chi connectivity index (χ3v) is 5.86. The Morgan fingerprint density at radius 2 is 1.88 bits per heavy atom. The number of para-hydroxylation sites is 1. The van der Waals surface area contributed by atoms with E-state index in [9.17, 15) is 4.79 Å². The second-order valence-electron chi connectivity index (χ2n) is 7.52. The van der Waals surface area contributed by atoms with Crippen LogP contribution >= 0.6 is 0 Å². The summed E-state index contributed by atoms with van der Waals surface area (Å²) in [4.78, 5) is 19.5. The number of benzene rings is 1. The van der Waals surface area contributed by atoms with E-state index in [2.05, 4.69) is 63.8 Å². The number of aryl methyl sites for hydroxylation is 1. The summed E-state index contributed by atoms with van der Waals surface area (Å²) in [6.45, 7) is 5.64. The highest BCUT2D eigenvalue weighted by atomic mass is 16.2. The number of aromatic nitrogens is 1. The van der Waals surface area contributed by atoms with Crippen molar-refractivity contribution in [1.82, 2.24) is 19.3 Å².